The fourth-order valence-electron chi connectivity index (χ4n) is 2.92. The second-order valence-electron chi connectivity index (χ2n) is 6.94. The van der Waals surface area contributed by atoms with Crippen LogP contribution in [0.4, 0.5) is 26.3 Å². The van der Waals surface area contributed by atoms with Crippen LogP contribution in [0.15, 0.2) is 52.9 Å². The summed E-state index contributed by atoms with van der Waals surface area (Å²) in [7, 11) is 0. The summed E-state index contributed by atoms with van der Waals surface area (Å²) in [5, 5.41) is 8.66. The predicted molar refractivity (Wildman–Crippen MR) is 103 cm³/mol. The van der Waals surface area contributed by atoms with E-state index < -0.39 is 42.9 Å². The van der Waals surface area contributed by atoms with E-state index in [9.17, 15) is 31.1 Å². The summed E-state index contributed by atoms with van der Waals surface area (Å²) in [5.74, 6) is -2.29. The second kappa shape index (κ2) is 9.08. The molecule has 11 heteroatoms. The quantitative estimate of drug-likeness (QED) is 0.405. The van der Waals surface area contributed by atoms with E-state index >= 15 is 0 Å². The molecule has 176 valence electrons. The van der Waals surface area contributed by atoms with Crippen molar-refractivity contribution in [3.63, 3.8) is 0 Å². The molecule has 0 unspecified atom stereocenters. The van der Waals surface area contributed by atoms with Crippen molar-refractivity contribution in [3.05, 3.63) is 71.0 Å². The van der Waals surface area contributed by atoms with Crippen LogP contribution < -0.4 is 9.47 Å². The highest BCUT2D eigenvalue weighted by atomic mass is 19.4. The molecule has 3 aromatic rings. The number of benzene rings is 2. The number of furan rings is 1. The summed E-state index contributed by atoms with van der Waals surface area (Å²) < 4.78 is 93.8. The molecule has 1 N–H and O–H groups in total. The summed E-state index contributed by atoms with van der Waals surface area (Å²) in [6, 6.07) is 8.87. The number of aliphatic carboxylic acids is 1. The van der Waals surface area contributed by atoms with E-state index in [-0.39, 0.29) is 28.4 Å². The van der Waals surface area contributed by atoms with E-state index in [1.165, 1.54) is 18.2 Å². The number of hydrogen-bond acceptors (Lipinski definition) is 4. The van der Waals surface area contributed by atoms with Crippen LogP contribution in [0.25, 0.3) is 11.3 Å². The first kappa shape index (κ1) is 24.0. The molecule has 5 nitrogen and oxygen atoms in total. The van der Waals surface area contributed by atoms with Gasteiger partial charge in [0.25, 0.3) is 0 Å². The number of alkyl halides is 6. The Morgan fingerprint density at radius 3 is 2.15 bits per heavy atom. The first-order chi connectivity index (χ1) is 15.3. The van der Waals surface area contributed by atoms with E-state index in [0.29, 0.717) is 5.56 Å². The van der Waals surface area contributed by atoms with Gasteiger partial charge in [-0.25, -0.2) is 4.79 Å². The van der Waals surface area contributed by atoms with Crippen LogP contribution in [0.2, 0.25) is 0 Å². The summed E-state index contributed by atoms with van der Waals surface area (Å²) in [4.78, 5) is 10.6. The van der Waals surface area contributed by atoms with Crippen molar-refractivity contribution in [1.29, 1.82) is 0 Å². The molecule has 1 heterocycles. The number of carboxylic acid groups (broad SMARTS) is 1. The van der Waals surface area contributed by atoms with Gasteiger partial charge < -0.3 is 19.0 Å². The van der Waals surface area contributed by atoms with E-state index in [0.717, 1.165) is 30.3 Å². The minimum Gasteiger partial charge on any atom is -0.489 e. The van der Waals surface area contributed by atoms with Gasteiger partial charge >= 0.3 is 18.3 Å². The molecule has 0 bridgehead atoms. The SMILES string of the molecule is Cc1cc(OCc2cc(-c3ccc(C(F)(F)F)cc3)oc2C(F)(F)F)ccc1OCC(=O)O. The molecule has 0 saturated carbocycles. The molecule has 0 atom stereocenters. The largest absolute Gasteiger partial charge is 0.489 e. The molecule has 0 aliphatic carbocycles. The molecular weight excluding hydrogens is 458 g/mol. The van der Waals surface area contributed by atoms with Gasteiger partial charge in [0.1, 0.15) is 23.9 Å². The first-order valence-corrected chi connectivity index (χ1v) is 9.30. The summed E-state index contributed by atoms with van der Waals surface area (Å²) in [6.07, 6.45) is -9.43. The van der Waals surface area contributed by atoms with Crippen LogP contribution in [0.3, 0.4) is 0 Å². The Bertz CT molecular complexity index is 1130. The van der Waals surface area contributed by atoms with Gasteiger partial charge in [-0.15, -0.1) is 0 Å². The lowest BCUT2D eigenvalue weighted by atomic mass is 10.1. The van der Waals surface area contributed by atoms with Crippen molar-refractivity contribution in [3.8, 4) is 22.8 Å². The third-order valence-electron chi connectivity index (χ3n) is 4.46. The molecule has 0 aliphatic heterocycles. The molecule has 0 saturated heterocycles. The Kier molecular flexibility index (Phi) is 6.61. The molecule has 0 spiro atoms. The topological polar surface area (TPSA) is 68.9 Å². The van der Waals surface area contributed by atoms with Crippen LogP contribution in [-0.4, -0.2) is 17.7 Å². The van der Waals surface area contributed by atoms with Crippen LogP contribution in [0.1, 0.15) is 22.5 Å². The highest BCUT2D eigenvalue weighted by Gasteiger charge is 2.39. The molecule has 0 radical (unpaired) electrons. The van der Waals surface area contributed by atoms with Gasteiger partial charge in [0.15, 0.2) is 6.61 Å². The average molecular weight is 474 g/mol. The van der Waals surface area contributed by atoms with Gasteiger partial charge in [0, 0.05) is 11.1 Å². The minimum absolute atomic E-state index is 0.0375. The first-order valence-electron chi connectivity index (χ1n) is 9.30. The lowest BCUT2D eigenvalue weighted by Crippen LogP contribution is -2.10. The Morgan fingerprint density at radius 2 is 1.61 bits per heavy atom. The Labute approximate surface area is 183 Å². The molecule has 3 rings (SSSR count). The zero-order valence-corrected chi connectivity index (χ0v) is 16.9. The third-order valence-corrected chi connectivity index (χ3v) is 4.46. The molecular formula is C22H16F6O5. The number of halogens is 6. The van der Waals surface area contributed by atoms with Gasteiger partial charge in [-0.05, 0) is 48.9 Å². The fourth-order valence-corrected chi connectivity index (χ4v) is 2.92. The predicted octanol–water partition coefficient (Wildman–Crippen LogP) is 6.34. The van der Waals surface area contributed by atoms with Crippen molar-refractivity contribution in [2.45, 2.75) is 25.9 Å². The lowest BCUT2D eigenvalue weighted by Gasteiger charge is -2.11. The highest BCUT2D eigenvalue weighted by Crippen LogP contribution is 2.38. The highest BCUT2D eigenvalue weighted by molar-refractivity contribution is 5.68. The number of rotatable bonds is 7. The van der Waals surface area contributed by atoms with Crippen LogP contribution in [0.5, 0.6) is 11.5 Å². The van der Waals surface area contributed by atoms with Crippen LogP contribution in [0, 0.1) is 6.92 Å². The van der Waals surface area contributed by atoms with E-state index in [4.69, 9.17) is 19.0 Å². The third kappa shape index (κ3) is 5.99. The number of aryl methyl sites for hydroxylation is 1. The number of hydrogen-bond donors (Lipinski definition) is 1. The van der Waals surface area contributed by atoms with Crippen molar-refractivity contribution < 1.29 is 50.1 Å². The zero-order valence-electron chi connectivity index (χ0n) is 16.9. The van der Waals surface area contributed by atoms with Gasteiger partial charge in [0.2, 0.25) is 5.76 Å². The van der Waals surface area contributed by atoms with Gasteiger partial charge in [0.05, 0.1) is 5.56 Å². The molecule has 33 heavy (non-hydrogen) atoms. The molecule has 2 aromatic carbocycles. The number of carbonyl (C=O) groups is 1. The van der Waals surface area contributed by atoms with Crippen molar-refractivity contribution in [1.82, 2.24) is 0 Å². The lowest BCUT2D eigenvalue weighted by molar-refractivity contribution is -0.153. The zero-order chi connectivity index (χ0) is 24.4. The van der Waals surface area contributed by atoms with Crippen LogP contribution in [-0.2, 0) is 23.8 Å². The smallest absolute Gasteiger partial charge is 0.449 e. The van der Waals surface area contributed by atoms with Gasteiger partial charge in [-0.2, -0.15) is 26.3 Å². The summed E-state index contributed by atoms with van der Waals surface area (Å²) in [6.45, 7) is 0.511. The number of ether oxygens (including phenoxy) is 2. The maximum absolute atomic E-state index is 13.4. The second-order valence-corrected chi connectivity index (χ2v) is 6.94. The maximum Gasteiger partial charge on any atom is 0.449 e. The van der Waals surface area contributed by atoms with E-state index in [1.54, 1.807) is 6.92 Å². The van der Waals surface area contributed by atoms with Crippen molar-refractivity contribution in [2.24, 2.45) is 0 Å². The van der Waals surface area contributed by atoms with Crippen LogP contribution >= 0.6 is 0 Å². The fraction of sp³-hybridized carbons (Fsp3) is 0.227. The van der Waals surface area contributed by atoms with E-state index in [2.05, 4.69) is 0 Å². The summed E-state index contributed by atoms with van der Waals surface area (Å²) >= 11 is 0. The Hall–Kier alpha value is -3.63. The Balaban J connectivity index is 1.81. The molecule has 0 amide bonds. The standard InChI is InChI=1S/C22H16F6O5/c1-12-8-16(6-7-17(12)32-11-19(29)30)31-10-14-9-18(33-20(14)22(26,27)28)13-2-4-15(5-3-13)21(23,24)25/h2-9H,10-11H2,1H3,(H,29,30). The summed E-state index contributed by atoms with van der Waals surface area (Å²) in [5.41, 5.74) is -0.747. The Morgan fingerprint density at radius 1 is 0.939 bits per heavy atom. The van der Waals surface area contributed by atoms with E-state index in [1.807, 2.05) is 0 Å². The monoisotopic (exact) mass is 474 g/mol. The normalized spacial score (nSPS) is 12.0. The molecule has 0 fully saturated rings. The average Bonchev–Trinajstić information content (AvgIpc) is 3.16. The van der Waals surface area contributed by atoms with Gasteiger partial charge in [-0.3, -0.25) is 0 Å². The van der Waals surface area contributed by atoms with Gasteiger partial charge in [-0.1, -0.05) is 12.1 Å². The van der Waals surface area contributed by atoms with Crippen molar-refractivity contribution >= 4 is 5.97 Å². The minimum atomic E-state index is -4.85. The van der Waals surface area contributed by atoms with Crippen molar-refractivity contribution in [2.75, 3.05) is 6.61 Å². The molecule has 0 aliphatic rings. The number of carboxylic acids is 1. The molecule has 1 aromatic heterocycles. The maximum atomic E-state index is 13.4.